The van der Waals surface area contributed by atoms with Crippen molar-refractivity contribution in [3.05, 3.63) is 52.7 Å². The maximum absolute atomic E-state index is 12.2. The van der Waals surface area contributed by atoms with Gasteiger partial charge in [-0.2, -0.15) is 0 Å². The quantitative estimate of drug-likeness (QED) is 0.378. The fourth-order valence-electron chi connectivity index (χ4n) is 2.97. The number of H-pyrrole nitrogens is 2. The smallest absolute Gasteiger partial charge is 0.323 e. The summed E-state index contributed by atoms with van der Waals surface area (Å²) in [6.45, 7) is 0.552. The van der Waals surface area contributed by atoms with Gasteiger partial charge < -0.3 is 9.13 Å². The first-order chi connectivity index (χ1) is 12.8. The molecule has 0 aliphatic rings. The van der Waals surface area contributed by atoms with Crippen molar-refractivity contribution in [2.24, 2.45) is 14.1 Å². The number of nitrogens with one attached hydrogen (secondary N) is 2. The van der Waals surface area contributed by atoms with Crippen molar-refractivity contribution in [2.75, 3.05) is 0 Å². The van der Waals surface area contributed by atoms with Gasteiger partial charge in [0, 0.05) is 27.2 Å². The van der Waals surface area contributed by atoms with Gasteiger partial charge in [-0.05, 0) is 15.9 Å². The number of aromatic amines is 2. The number of rotatable bonds is 3. The molecule has 0 aliphatic carbocycles. The molecular weight excluding hydrogens is 424 g/mol. The third-order valence-electron chi connectivity index (χ3n) is 4.40. The van der Waals surface area contributed by atoms with E-state index >= 15 is 0 Å². The minimum Gasteiger partial charge on any atom is -0.323 e. The molecule has 0 saturated carbocycles. The monoisotopic (exact) mass is 436 g/mol. The van der Waals surface area contributed by atoms with Gasteiger partial charge in [0.15, 0.2) is 27.1 Å². The first-order valence-corrected chi connectivity index (χ1v) is 8.58. The molecule has 4 rings (SSSR count). The molecule has 27 heavy (non-hydrogen) atoms. The van der Waals surface area contributed by atoms with Gasteiger partial charge >= 0.3 is 11.4 Å². The van der Waals surface area contributed by atoms with Gasteiger partial charge in [-0.15, -0.1) is 0 Å². The van der Waals surface area contributed by atoms with Gasteiger partial charge in [0.25, 0.3) is 11.1 Å². The summed E-state index contributed by atoms with van der Waals surface area (Å²) in [5.74, 6) is 0. The first-order valence-electron chi connectivity index (χ1n) is 7.78. The SMILES string of the molecule is Cn1c(=O)[nH]c(=O)c2c1ncn2CCn1c(Br)nc2c1c(=O)[nH]c(=O)n2C. The lowest BCUT2D eigenvalue weighted by atomic mass is 10.4. The van der Waals surface area contributed by atoms with Crippen molar-refractivity contribution in [3.8, 4) is 0 Å². The van der Waals surface area contributed by atoms with Crippen LogP contribution in [0.2, 0.25) is 0 Å². The summed E-state index contributed by atoms with van der Waals surface area (Å²) >= 11 is 3.30. The van der Waals surface area contributed by atoms with Crippen molar-refractivity contribution in [1.29, 1.82) is 0 Å². The molecule has 0 saturated heterocycles. The number of fused-ring (bicyclic) bond motifs is 2. The van der Waals surface area contributed by atoms with Crippen LogP contribution in [0.15, 0.2) is 30.2 Å². The van der Waals surface area contributed by atoms with Crippen molar-refractivity contribution in [3.63, 3.8) is 0 Å². The fourth-order valence-corrected chi connectivity index (χ4v) is 3.50. The molecule has 0 radical (unpaired) electrons. The van der Waals surface area contributed by atoms with Crippen LogP contribution in [-0.2, 0) is 27.2 Å². The zero-order valence-electron chi connectivity index (χ0n) is 14.2. The third kappa shape index (κ3) is 2.50. The molecule has 0 aliphatic heterocycles. The fraction of sp³-hybridized carbons (Fsp3) is 0.286. The summed E-state index contributed by atoms with van der Waals surface area (Å²) in [4.78, 5) is 60.6. The average molecular weight is 437 g/mol. The summed E-state index contributed by atoms with van der Waals surface area (Å²) in [5.41, 5.74) is -1.22. The zero-order valence-corrected chi connectivity index (χ0v) is 15.8. The molecule has 4 heterocycles. The molecular formula is C14H13BrN8O4. The second-order valence-corrected chi connectivity index (χ2v) is 6.66. The third-order valence-corrected chi connectivity index (χ3v) is 5.01. The summed E-state index contributed by atoms with van der Waals surface area (Å²) in [6, 6.07) is 0. The Morgan fingerprint density at radius 2 is 1.52 bits per heavy atom. The van der Waals surface area contributed by atoms with E-state index in [4.69, 9.17) is 0 Å². The number of hydrogen-bond donors (Lipinski definition) is 2. The first kappa shape index (κ1) is 17.2. The lowest BCUT2D eigenvalue weighted by Crippen LogP contribution is -2.30. The predicted molar refractivity (Wildman–Crippen MR) is 98.9 cm³/mol. The number of nitrogens with zero attached hydrogens (tertiary/aromatic N) is 6. The summed E-state index contributed by atoms with van der Waals surface area (Å²) < 4.78 is 6.04. The van der Waals surface area contributed by atoms with Crippen LogP contribution < -0.4 is 22.5 Å². The normalized spacial score (nSPS) is 11.7. The summed E-state index contributed by atoms with van der Waals surface area (Å²) in [5, 5.41) is 0. The second-order valence-electron chi connectivity index (χ2n) is 5.95. The van der Waals surface area contributed by atoms with Crippen LogP contribution in [0.5, 0.6) is 0 Å². The highest BCUT2D eigenvalue weighted by Crippen LogP contribution is 2.16. The Bertz CT molecular complexity index is 1450. The standard InChI is InChI=1S/C14H13BrN8O4/c1-20-8-6(10(24)18-13(20)26)22(5-16-8)3-4-23-7-9(17-12(23)15)21(2)14(27)19-11(7)25/h5H,3-4H2,1-2H3,(H,18,24,26)(H,19,25,27). The van der Waals surface area contributed by atoms with Crippen molar-refractivity contribution in [2.45, 2.75) is 13.1 Å². The van der Waals surface area contributed by atoms with Crippen LogP contribution in [0.3, 0.4) is 0 Å². The number of aryl methyl sites for hydroxylation is 4. The average Bonchev–Trinajstić information content (AvgIpc) is 3.18. The molecule has 0 fully saturated rings. The van der Waals surface area contributed by atoms with E-state index < -0.39 is 22.5 Å². The van der Waals surface area contributed by atoms with Gasteiger partial charge in [0.05, 0.1) is 6.33 Å². The van der Waals surface area contributed by atoms with Crippen molar-refractivity contribution in [1.82, 2.24) is 38.2 Å². The Balaban J connectivity index is 1.82. The van der Waals surface area contributed by atoms with Gasteiger partial charge in [0.2, 0.25) is 0 Å². The van der Waals surface area contributed by atoms with E-state index in [1.165, 1.54) is 29.6 Å². The molecule has 13 heteroatoms. The maximum Gasteiger partial charge on any atom is 0.329 e. The molecule has 140 valence electrons. The van der Waals surface area contributed by atoms with Crippen LogP contribution in [0.4, 0.5) is 0 Å². The molecule has 4 aromatic rings. The van der Waals surface area contributed by atoms with E-state index in [1.807, 2.05) is 0 Å². The van der Waals surface area contributed by atoms with Crippen LogP contribution >= 0.6 is 15.9 Å². The van der Waals surface area contributed by atoms with E-state index in [2.05, 4.69) is 35.9 Å². The molecule has 4 aromatic heterocycles. The van der Waals surface area contributed by atoms with Gasteiger partial charge in [-0.1, -0.05) is 0 Å². The zero-order chi connectivity index (χ0) is 19.5. The number of halogens is 1. The van der Waals surface area contributed by atoms with E-state index in [9.17, 15) is 19.2 Å². The van der Waals surface area contributed by atoms with Crippen LogP contribution in [0, 0.1) is 0 Å². The number of aromatic nitrogens is 8. The van der Waals surface area contributed by atoms with Crippen LogP contribution in [0.25, 0.3) is 22.3 Å². The van der Waals surface area contributed by atoms with Crippen molar-refractivity contribution < 1.29 is 0 Å². The highest BCUT2D eigenvalue weighted by molar-refractivity contribution is 9.10. The predicted octanol–water partition coefficient (Wildman–Crippen LogP) is -1.38. The van der Waals surface area contributed by atoms with Gasteiger partial charge in [0.1, 0.15) is 0 Å². The second kappa shape index (κ2) is 5.90. The molecule has 0 unspecified atom stereocenters. The maximum atomic E-state index is 12.2. The minimum absolute atomic E-state index is 0.231. The topological polar surface area (TPSA) is 145 Å². The molecule has 0 atom stereocenters. The molecule has 12 nitrogen and oxygen atoms in total. The Morgan fingerprint density at radius 3 is 2.19 bits per heavy atom. The number of hydrogen-bond acceptors (Lipinski definition) is 6. The minimum atomic E-state index is -0.558. The number of imidazole rings is 2. The van der Waals surface area contributed by atoms with Gasteiger partial charge in [-0.25, -0.2) is 19.6 Å². The van der Waals surface area contributed by atoms with E-state index in [-0.39, 0.29) is 35.4 Å². The molecule has 0 aromatic carbocycles. The Kier molecular flexibility index (Phi) is 3.76. The molecule has 0 amide bonds. The Hall–Kier alpha value is -3.22. The highest BCUT2D eigenvalue weighted by Gasteiger charge is 2.17. The van der Waals surface area contributed by atoms with Gasteiger partial charge in [-0.3, -0.25) is 28.7 Å². The molecule has 2 N–H and O–H groups in total. The Labute approximate surface area is 156 Å². The van der Waals surface area contributed by atoms with Crippen LogP contribution in [-0.4, -0.2) is 38.2 Å². The van der Waals surface area contributed by atoms with E-state index in [1.54, 1.807) is 9.13 Å². The lowest BCUT2D eigenvalue weighted by Gasteiger charge is -2.07. The largest absolute Gasteiger partial charge is 0.329 e. The van der Waals surface area contributed by atoms with Crippen molar-refractivity contribution >= 4 is 38.3 Å². The lowest BCUT2D eigenvalue weighted by molar-refractivity contribution is 0.589. The molecule has 0 bridgehead atoms. The van der Waals surface area contributed by atoms with Crippen LogP contribution in [0.1, 0.15) is 0 Å². The molecule has 0 spiro atoms. The highest BCUT2D eigenvalue weighted by atomic mass is 79.9. The van der Waals surface area contributed by atoms with E-state index in [0.29, 0.717) is 4.73 Å². The Morgan fingerprint density at radius 1 is 0.926 bits per heavy atom. The van der Waals surface area contributed by atoms with E-state index in [0.717, 1.165) is 0 Å². The summed E-state index contributed by atoms with van der Waals surface area (Å²) in [6.07, 6.45) is 1.45. The summed E-state index contributed by atoms with van der Waals surface area (Å²) in [7, 11) is 3.02.